The normalized spacial score (nSPS) is 17.3. The molecule has 0 unspecified atom stereocenters. The van der Waals surface area contributed by atoms with E-state index >= 15 is 0 Å². The third-order valence-electron chi connectivity index (χ3n) is 4.76. The Morgan fingerprint density at radius 3 is 2.73 bits per heavy atom. The van der Waals surface area contributed by atoms with Gasteiger partial charge in [0.2, 0.25) is 5.91 Å². The number of hydrogen-bond donors (Lipinski definition) is 0. The molecule has 5 heteroatoms. The number of anilines is 1. The number of carbonyl (C=O) groups is 1. The summed E-state index contributed by atoms with van der Waals surface area (Å²) in [5, 5.41) is 1.65. The van der Waals surface area contributed by atoms with Crippen LogP contribution < -0.4 is 4.90 Å². The van der Waals surface area contributed by atoms with Crippen molar-refractivity contribution in [3.63, 3.8) is 0 Å². The Bertz CT molecular complexity index is 988. The van der Waals surface area contributed by atoms with Gasteiger partial charge in [-0.2, -0.15) is 0 Å². The molecule has 0 aliphatic carbocycles. The molecule has 2 atom stereocenters. The number of hydrogen-bond acceptors (Lipinski definition) is 4. The predicted molar refractivity (Wildman–Crippen MR) is 107 cm³/mol. The standard InChI is InChI=1S/C21H21N3OS/c1-13-12-16-8-4-7-11-19(16)24(13)21(25)14(2)26-20-17-9-5-6-10-18(17)22-15(3)23-20/h4-11,13-14H,12H2,1-3H3/t13-,14-/m1/s1. The molecule has 2 heterocycles. The van der Waals surface area contributed by atoms with E-state index in [-0.39, 0.29) is 17.2 Å². The summed E-state index contributed by atoms with van der Waals surface area (Å²) in [6.07, 6.45) is 0.912. The van der Waals surface area contributed by atoms with Gasteiger partial charge in [-0.25, -0.2) is 9.97 Å². The van der Waals surface area contributed by atoms with Crippen molar-refractivity contribution in [3.05, 3.63) is 59.9 Å². The summed E-state index contributed by atoms with van der Waals surface area (Å²) in [6, 6.07) is 16.3. The highest BCUT2D eigenvalue weighted by molar-refractivity contribution is 8.00. The number of rotatable bonds is 3. The molecular weight excluding hydrogens is 342 g/mol. The van der Waals surface area contributed by atoms with Crippen molar-refractivity contribution in [1.29, 1.82) is 0 Å². The summed E-state index contributed by atoms with van der Waals surface area (Å²) in [6.45, 7) is 5.97. The van der Waals surface area contributed by atoms with E-state index in [2.05, 4.69) is 23.0 Å². The highest BCUT2D eigenvalue weighted by Gasteiger charge is 2.33. The molecule has 0 spiro atoms. The van der Waals surface area contributed by atoms with Crippen molar-refractivity contribution in [3.8, 4) is 0 Å². The first kappa shape index (κ1) is 17.0. The van der Waals surface area contributed by atoms with Gasteiger partial charge in [-0.1, -0.05) is 48.2 Å². The Morgan fingerprint density at radius 2 is 1.88 bits per heavy atom. The van der Waals surface area contributed by atoms with Gasteiger partial charge >= 0.3 is 0 Å². The lowest BCUT2D eigenvalue weighted by Gasteiger charge is -2.26. The molecule has 0 bridgehead atoms. The first-order valence-electron chi connectivity index (χ1n) is 8.85. The summed E-state index contributed by atoms with van der Waals surface area (Å²) in [4.78, 5) is 24.2. The van der Waals surface area contributed by atoms with E-state index in [9.17, 15) is 4.79 Å². The Hall–Kier alpha value is -2.40. The van der Waals surface area contributed by atoms with E-state index < -0.39 is 0 Å². The molecule has 0 saturated carbocycles. The minimum absolute atomic E-state index is 0.132. The van der Waals surface area contributed by atoms with Crippen molar-refractivity contribution in [2.45, 2.75) is 43.5 Å². The Kier molecular flexibility index (Phi) is 4.41. The van der Waals surface area contributed by atoms with E-state index in [1.807, 2.05) is 61.2 Å². The van der Waals surface area contributed by atoms with Crippen LogP contribution in [0.3, 0.4) is 0 Å². The fourth-order valence-electron chi connectivity index (χ4n) is 3.56. The highest BCUT2D eigenvalue weighted by Crippen LogP contribution is 2.35. The molecule has 1 aromatic heterocycles. The molecule has 1 aliphatic rings. The van der Waals surface area contributed by atoms with Crippen LogP contribution in [0.2, 0.25) is 0 Å². The van der Waals surface area contributed by atoms with Crippen LogP contribution in [0.5, 0.6) is 0 Å². The lowest BCUT2D eigenvalue weighted by Crippen LogP contribution is -2.40. The minimum Gasteiger partial charge on any atom is -0.308 e. The van der Waals surface area contributed by atoms with Gasteiger partial charge in [-0.05, 0) is 44.9 Å². The largest absolute Gasteiger partial charge is 0.308 e. The molecule has 0 N–H and O–H groups in total. The molecule has 1 amide bonds. The molecule has 2 aromatic carbocycles. The van der Waals surface area contributed by atoms with Crippen LogP contribution in [0, 0.1) is 6.92 Å². The number of nitrogens with zero attached hydrogens (tertiary/aromatic N) is 3. The quantitative estimate of drug-likeness (QED) is 0.511. The van der Waals surface area contributed by atoms with Crippen LogP contribution in [-0.2, 0) is 11.2 Å². The van der Waals surface area contributed by atoms with Crippen LogP contribution in [0.1, 0.15) is 25.2 Å². The predicted octanol–water partition coefficient (Wildman–Crippen LogP) is 4.40. The van der Waals surface area contributed by atoms with Gasteiger partial charge in [0.05, 0.1) is 10.8 Å². The number of benzene rings is 2. The van der Waals surface area contributed by atoms with E-state index in [0.29, 0.717) is 0 Å². The second-order valence-corrected chi connectivity index (χ2v) is 8.07. The molecule has 132 valence electrons. The van der Waals surface area contributed by atoms with Crippen molar-refractivity contribution in [2.75, 3.05) is 4.90 Å². The van der Waals surface area contributed by atoms with E-state index in [0.717, 1.165) is 33.9 Å². The van der Waals surface area contributed by atoms with E-state index in [4.69, 9.17) is 0 Å². The monoisotopic (exact) mass is 363 g/mol. The van der Waals surface area contributed by atoms with Gasteiger partial charge in [0.15, 0.2) is 0 Å². The molecule has 4 rings (SSSR count). The third kappa shape index (κ3) is 2.97. The molecule has 0 saturated heterocycles. The van der Waals surface area contributed by atoms with Crippen LogP contribution in [0.15, 0.2) is 53.6 Å². The van der Waals surface area contributed by atoms with Gasteiger partial charge in [-0.3, -0.25) is 4.79 Å². The summed E-state index contributed by atoms with van der Waals surface area (Å²) in [5.41, 5.74) is 3.21. The van der Waals surface area contributed by atoms with Crippen LogP contribution >= 0.6 is 11.8 Å². The van der Waals surface area contributed by atoms with Crippen molar-refractivity contribution in [2.24, 2.45) is 0 Å². The van der Waals surface area contributed by atoms with E-state index in [1.165, 1.54) is 17.3 Å². The van der Waals surface area contributed by atoms with Crippen molar-refractivity contribution < 1.29 is 4.79 Å². The fraction of sp³-hybridized carbons (Fsp3) is 0.286. The average Bonchev–Trinajstić information content (AvgIpc) is 2.96. The number of para-hydroxylation sites is 2. The second kappa shape index (κ2) is 6.72. The Labute approximate surface area is 157 Å². The maximum absolute atomic E-state index is 13.2. The smallest absolute Gasteiger partial charge is 0.240 e. The SMILES string of the molecule is Cc1nc(S[C@H](C)C(=O)N2c3ccccc3C[C@H]2C)c2ccccc2n1. The molecule has 3 aromatic rings. The van der Waals surface area contributed by atoms with Gasteiger partial charge in [0.25, 0.3) is 0 Å². The fourth-order valence-corrected chi connectivity index (χ4v) is 4.60. The number of thioether (sulfide) groups is 1. The molecule has 0 radical (unpaired) electrons. The van der Waals surface area contributed by atoms with Gasteiger partial charge in [0.1, 0.15) is 10.9 Å². The molecule has 26 heavy (non-hydrogen) atoms. The number of amides is 1. The van der Waals surface area contributed by atoms with Gasteiger partial charge < -0.3 is 4.90 Å². The van der Waals surface area contributed by atoms with Crippen LogP contribution in [-0.4, -0.2) is 27.2 Å². The average molecular weight is 363 g/mol. The van der Waals surface area contributed by atoms with Crippen LogP contribution in [0.25, 0.3) is 10.9 Å². The maximum Gasteiger partial charge on any atom is 0.240 e. The zero-order valence-corrected chi connectivity index (χ0v) is 16.0. The first-order chi connectivity index (χ1) is 12.5. The second-order valence-electron chi connectivity index (χ2n) is 6.74. The number of aryl methyl sites for hydroxylation is 1. The topological polar surface area (TPSA) is 46.1 Å². The van der Waals surface area contributed by atoms with Gasteiger partial charge in [-0.15, -0.1) is 0 Å². The zero-order valence-electron chi connectivity index (χ0n) is 15.1. The molecule has 1 aliphatic heterocycles. The summed E-state index contributed by atoms with van der Waals surface area (Å²) in [5.74, 6) is 0.860. The first-order valence-corrected chi connectivity index (χ1v) is 9.73. The Morgan fingerprint density at radius 1 is 1.15 bits per heavy atom. The summed E-state index contributed by atoms with van der Waals surface area (Å²) < 4.78 is 0. The molecular formula is C21H21N3OS. The van der Waals surface area contributed by atoms with E-state index in [1.54, 1.807) is 0 Å². The maximum atomic E-state index is 13.2. The zero-order chi connectivity index (χ0) is 18.3. The van der Waals surface area contributed by atoms with Crippen molar-refractivity contribution in [1.82, 2.24) is 9.97 Å². The van der Waals surface area contributed by atoms with Gasteiger partial charge in [0, 0.05) is 17.1 Å². The summed E-state index contributed by atoms with van der Waals surface area (Å²) in [7, 11) is 0. The van der Waals surface area contributed by atoms with Crippen LogP contribution in [0.4, 0.5) is 5.69 Å². The lowest BCUT2D eigenvalue weighted by molar-refractivity contribution is -0.118. The number of carbonyl (C=O) groups excluding carboxylic acids is 1. The third-order valence-corrected chi connectivity index (χ3v) is 5.85. The van der Waals surface area contributed by atoms with Crippen molar-refractivity contribution >= 4 is 34.3 Å². The number of aromatic nitrogens is 2. The lowest BCUT2D eigenvalue weighted by atomic mass is 10.1. The summed E-state index contributed by atoms with van der Waals surface area (Å²) >= 11 is 1.52. The highest BCUT2D eigenvalue weighted by atomic mass is 32.2. The number of fused-ring (bicyclic) bond motifs is 2. The minimum atomic E-state index is -0.221. The molecule has 4 nitrogen and oxygen atoms in total. The molecule has 0 fully saturated rings. The Balaban J connectivity index is 1.63.